The summed E-state index contributed by atoms with van der Waals surface area (Å²) in [5.74, 6) is -1.22. The lowest BCUT2D eigenvalue weighted by molar-refractivity contribution is 0.0247. The van der Waals surface area contributed by atoms with Crippen molar-refractivity contribution >= 4 is 11.7 Å². The first kappa shape index (κ1) is 14.8. The SMILES string of the molecule is Cc1cc(C(=O)O)c(N)c(C(O)C(O)CN=[N+]=[N-])c1. The minimum absolute atomic E-state index is 0.0954. The minimum atomic E-state index is -1.43. The summed E-state index contributed by atoms with van der Waals surface area (Å²) in [5.41, 5.74) is 14.2. The molecule has 1 aromatic rings. The summed E-state index contributed by atoms with van der Waals surface area (Å²) in [5, 5.41) is 31.7. The lowest BCUT2D eigenvalue weighted by Crippen LogP contribution is -2.23. The molecule has 0 spiro atoms. The van der Waals surface area contributed by atoms with Crippen molar-refractivity contribution in [1.29, 1.82) is 0 Å². The van der Waals surface area contributed by atoms with E-state index >= 15 is 0 Å². The molecule has 2 atom stereocenters. The second kappa shape index (κ2) is 6.05. The highest BCUT2D eigenvalue weighted by molar-refractivity contribution is 5.94. The van der Waals surface area contributed by atoms with Gasteiger partial charge in [0.05, 0.1) is 23.9 Å². The van der Waals surface area contributed by atoms with Gasteiger partial charge < -0.3 is 21.1 Å². The molecule has 0 aliphatic heterocycles. The van der Waals surface area contributed by atoms with Gasteiger partial charge in [-0.05, 0) is 24.1 Å². The highest BCUT2D eigenvalue weighted by Crippen LogP contribution is 2.28. The summed E-state index contributed by atoms with van der Waals surface area (Å²) in [7, 11) is 0. The van der Waals surface area contributed by atoms with Crippen molar-refractivity contribution in [3.8, 4) is 0 Å². The van der Waals surface area contributed by atoms with Gasteiger partial charge in [-0.2, -0.15) is 0 Å². The first-order valence-corrected chi connectivity index (χ1v) is 5.38. The van der Waals surface area contributed by atoms with E-state index in [1.54, 1.807) is 6.92 Å². The number of rotatable bonds is 5. The van der Waals surface area contributed by atoms with Gasteiger partial charge in [-0.3, -0.25) is 0 Å². The van der Waals surface area contributed by atoms with E-state index in [-0.39, 0.29) is 23.4 Å². The number of anilines is 1. The van der Waals surface area contributed by atoms with E-state index < -0.39 is 18.2 Å². The van der Waals surface area contributed by atoms with Crippen molar-refractivity contribution in [2.45, 2.75) is 19.1 Å². The van der Waals surface area contributed by atoms with Gasteiger partial charge in [0.15, 0.2) is 0 Å². The molecule has 102 valence electrons. The number of hydrogen-bond donors (Lipinski definition) is 4. The number of aliphatic hydroxyl groups is 2. The van der Waals surface area contributed by atoms with E-state index in [0.29, 0.717) is 5.56 Å². The van der Waals surface area contributed by atoms with Crippen LogP contribution in [0.3, 0.4) is 0 Å². The molecular formula is C11H14N4O4. The molecule has 0 heterocycles. The molecule has 0 radical (unpaired) electrons. The lowest BCUT2D eigenvalue weighted by Gasteiger charge is -2.19. The van der Waals surface area contributed by atoms with E-state index in [1.165, 1.54) is 12.1 Å². The van der Waals surface area contributed by atoms with Crippen LogP contribution in [0.5, 0.6) is 0 Å². The highest BCUT2D eigenvalue weighted by Gasteiger charge is 2.23. The molecule has 1 rings (SSSR count). The van der Waals surface area contributed by atoms with Gasteiger partial charge in [-0.25, -0.2) is 4.79 Å². The molecule has 8 heteroatoms. The maximum Gasteiger partial charge on any atom is 0.337 e. The zero-order chi connectivity index (χ0) is 14.6. The molecule has 0 amide bonds. The van der Waals surface area contributed by atoms with Crippen LogP contribution in [0.1, 0.15) is 27.6 Å². The number of nitrogens with two attached hydrogens (primary N) is 1. The Kier molecular flexibility index (Phi) is 4.71. The summed E-state index contributed by atoms with van der Waals surface area (Å²) >= 11 is 0. The summed E-state index contributed by atoms with van der Waals surface area (Å²) in [6.45, 7) is 1.30. The number of aliphatic hydroxyl groups excluding tert-OH is 2. The summed E-state index contributed by atoms with van der Waals surface area (Å²) in [6.07, 6.45) is -2.79. The van der Waals surface area contributed by atoms with Crippen LogP contribution < -0.4 is 5.73 Å². The number of carboxylic acids is 1. The van der Waals surface area contributed by atoms with Crippen LogP contribution >= 0.6 is 0 Å². The molecule has 19 heavy (non-hydrogen) atoms. The molecule has 0 aliphatic rings. The predicted octanol–water partition coefficient (Wildman–Crippen LogP) is 0.980. The normalized spacial score (nSPS) is 13.4. The van der Waals surface area contributed by atoms with Crippen LogP contribution in [0, 0.1) is 6.92 Å². The highest BCUT2D eigenvalue weighted by atomic mass is 16.4. The fraction of sp³-hybridized carbons (Fsp3) is 0.364. The van der Waals surface area contributed by atoms with Gasteiger partial charge in [0, 0.05) is 10.5 Å². The molecule has 0 bridgehead atoms. The number of nitrogens with zero attached hydrogens (tertiary/aromatic N) is 3. The Morgan fingerprint density at radius 2 is 2.16 bits per heavy atom. The average Bonchev–Trinajstić information content (AvgIpc) is 2.37. The molecule has 2 unspecified atom stereocenters. The Morgan fingerprint density at radius 1 is 1.53 bits per heavy atom. The number of azide groups is 1. The van der Waals surface area contributed by atoms with Gasteiger partial charge >= 0.3 is 5.97 Å². The third kappa shape index (κ3) is 3.35. The topological polar surface area (TPSA) is 153 Å². The van der Waals surface area contributed by atoms with Gasteiger partial charge in [0.2, 0.25) is 0 Å². The number of hydrogen-bond acceptors (Lipinski definition) is 5. The van der Waals surface area contributed by atoms with Crippen LogP contribution in [0.15, 0.2) is 17.2 Å². The summed E-state index contributed by atoms with van der Waals surface area (Å²) in [4.78, 5) is 13.5. The van der Waals surface area contributed by atoms with Crippen LogP contribution in [-0.4, -0.2) is 33.9 Å². The lowest BCUT2D eigenvalue weighted by atomic mass is 9.96. The monoisotopic (exact) mass is 266 g/mol. The first-order valence-electron chi connectivity index (χ1n) is 5.38. The van der Waals surface area contributed by atoms with E-state index in [0.717, 1.165) is 0 Å². The molecule has 0 aliphatic carbocycles. The molecule has 0 saturated carbocycles. The van der Waals surface area contributed by atoms with Crippen LogP contribution in [0.4, 0.5) is 5.69 Å². The molecule has 8 nitrogen and oxygen atoms in total. The van der Waals surface area contributed by atoms with Gasteiger partial charge in [0.1, 0.15) is 6.10 Å². The van der Waals surface area contributed by atoms with Crippen molar-refractivity contribution in [3.05, 3.63) is 39.3 Å². The smallest absolute Gasteiger partial charge is 0.337 e. The number of carbonyl (C=O) groups is 1. The fourth-order valence-electron chi connectivity index (χ4n) is 1.67. The molecule has 0 saturated heterocycles. The van der Waals surface area contributed by atoms with Crippen molar-refractivity contribution in [1.82, 2.24) is 0 Å². The quantitative estimate of drug-likeness (QED) is 0.271. The van der Waals surface area contributed by atoms with E-state index in [2.05, 4.69) is 10.0 Å². The van der Waals surface area contributed by atoms with Gasteiger partial charge in [-0.1, -0.05) is 11.2 Å². The molecule has 0 fully saturated rings. The number of benzene rings is 1. The third-order valence-electron chi connectivity index (χ3n) is 2.60. The molecular weight excluding hydrogens is 252 g/mol. The first-order chi connectivity index (χ1) is 8.88. The Morgan fingerprint density at radius 3 is 2.68 bits per heavy atom. The van der Waals surface area contributed by atoms with E-state index in [4.69, 9.17) is 16.4 Å². The third-order valence-corrected chi connectivity index (χ3v) is 2.60. The number of aryl methyl sites for hydroxylation is 1. The molecule has 0 aromatic heterocycles. The van der Waals surface area contributed by atoms with Crippen LogP contribution in [0.25, 0.3) is 10.4 Å². The maximum absolute atomic E-state index is 11.0. The van der Waals surface area contributed by atoms with Crippen LogP contribution in [0.2, 0.25) is 0 Å². The average molecular weight is 266 g/mol. The van der Waals surface area contributed by atoms with E-state index in [1.807, 2.05) is 0 Å². The van der Waals surface area contributed by atoms with Crippen molar-refractivity contribution in [2.24, 2.45) is 5.11 Å². The summed E-state index contributed by atoms with van der Waals surface area (Å²) < 4.78 is 0. The fourth-order valence-corrected chi connectivity index (χ4v) is 1.67. The number of nitrogen functional groups attached to an aromatic ring is 1. The number of carboxylic acid groups (broad SMARTS) is 1. The van der Waals surface area contributed by atoms with Gasteiger partial charge in [-0.15, -0.1) is 0 Å². The zero-order valence-corrected chi connectivity index (χ0v) is 10.2. The minimum Gasteiger partial charge on any atom is -0.478 e. The zero-order valence-electron chi connectivity index (χ0n) is 10.2. The Bertz CT molecular complexity index is 540. The molecule has 1 aromatic carbocycles. The summed E-state index contributed by atoms with van der Waals surface area (Å²) in [6, 6.07) is 2.85. The van der Waals surface area contributed by atoms with Crippen molar-refractivity contribution in [2.75, 3.05) is 12.3 Å². The second-order valence-electron chi connectivity index (χ2n) is 4.05. The van der Waals surface area contributed by atoms with E-state index in [9.17, 15) is 15.0 Å². The standard InChI is InChI=1S/C11H14N4O4/c1-5-2-6(9(12)7(3-5)11(18)19)10(17)8(16)4-14-15-13/h2-3,8,10,16-17H,4,12H2,1H3,(H,18,19). The predicted molar refractivity (Wildman–Crippen MR) is 67.5 cm³/mol. The van der Waals surface area contributed by atoms with Gasteiger partial charge in [0.25, 0.3) is 0 Å². The Balaban J connectivity index is 3.19. The maximum atomic E-state index is 11.0. The molecule has 5 N–H and O–H groups in total. The van der Waals surface area contributed by atoms with Crippen LogP contribution in [-0.2, 0) is 0 Å². The number of aromatic carboxylic acids is 1. The van der Waals surface area contributed by atoms with Crippen molar-refractivity contribution in [3.63, 3.8) is 0 Å². The second-order valence-corrected chi connectivity index (χ2v) is 4.05. The Hall–Kier alpha value is -2.28. The largest absolute Gasteiger partial charge is 0.478 e. The Labute approximate surface area is 108 Å². The van der Waals surface area contributed by atoms with Crippen molar-refractivity contribution < 1.29 is 20.1 Å².